The Kier molecular flexibility index (Phi) is 7.22. The van der Waals surface area contributed by atoms with Gasteiger partial charge in [-0.1, -0.05) is 31.9 Å². The number of sulfonamides is 1. The summed E-state index contributed by atoms with van der Waals surface area (Å²) in [4.78, 5) is 12.5. The molecule has 1 aliphatic heterocycles. The summed E-state index contributed by atoms with van der Waals surface area (Å²) in [6, 6.07) is 8.40. The molecule has 7 nitrogen and oxygen atoms in total. The average Bonchev–Trinajstić information content (AvgIpc) is 2.96. The van der Waals surface area contributed by atoms with Crippen LogP contribution in [0.5, 0.6) is 0 Å². The summed E-state index contributed by atoms with van der Waals surface area (Å²) < 4.78 is 29.0. The van der Waals surface area contributed by atoms with E-state index in [1.54, 1.807) is 51.6 Å². The largest absolute Gasteiger partial charge is 0.307 e. The summed E-state index contributed by atoms with van der Waals surface area (Å²) in [6.45, 7) is 3.95. The number of aryl methyl sites for hydroxylation is 1. The van der Waals surface area contributed by atoms with Gasteiger partial charge in [0, 0.05) is 31.8 Å². The number of carbonyl (C=O) groups excluding carboxylic acids is 1. The van der Waals surface area contributed by atoms with Crippen molar-refractivity contribution < 1.29 is 13.2 Å². The van der Waals surface area contributed by atoms with Crippen molar-refractivity contribution in [3.63, 3.8) is 0 Å². The zero-order valence-corrected chi connectivity index (χ0v) is 17.6. The number of hydrogen-bond donors (Lipinski definition) is 1. The maximum Gasteiger partial charge on any atom is 0.249 e. The van der Waals surface area contributed by atoms with Crippen LogP contribution in [0.25, 0.3) is 6.08 Å². The lowest BCUT2D eigenvalue weighted by atomic mass is 10.2. The van der Waals surface area contributed by atoms with Crippen molar-refractivity contribution in [2.75, 3.05) is 18.4 Å². The predicted molar refractivity (Wildman–Crippen MR) is 114 cm³/mol. The molecule has 2 aromatic rings. The maximum absolute atomic E-state index is 12.8. The molecule has 0 aliphatic carbocycles. The van der Waals surface area contributed by atoms with Crippen molar-refractivity contribution in [2.24, 2.45) is 0 Å². The second-order valence-corrected chi connectivity index (χ2v) is 9.09. The van der Waals surface area contributed by atoms with Crippen molar-refractivity contribution in [1.82, 2.24) is 14.1 Å². The van der Waals surface area contributed by atoms with E-state index >= 15 is 0 Å². The molecule has 29 heavy (non-hydrogen) atoms. The molecule has 1 fully saturated rings. The molecule has 1 aromatic carbocycles. The lowest BCUT2D eigenvalue weighted by molar-refractivity contribution is -0.111. The van der Waals surface area contributed by atoms with Crippen LogP contribution < -0.4 is 5.32 Å². The van der Waals surface area contributed by atoms with Gasteiger partial charge in [-0.15, -0.1) is 0 Å². The first kappa shape index (κ1) is 21.3. The SMILES string of the molecule is CCCn1nccc1NC(=O)/C=C/c1ccc(S(=O)(=O)N2CCCCCC2)cc1. The second-order valence-electron chi connectivity index (χ2n) is 7.15. The average molecular weight is 417 g/mol. The first-order valence-corrected chi connectivity index (χ1v) is 11.6. The predicted octanol–water partition coefficient (Wildman–Crippen LogP) is 3.51. The highest BCUT2D eigenvalue weighted by molar-refractivity contribution is 7.89. The fourth-order valence-corrected chi connectivity index (χ4v) is 4.87. The van der Waals surface area contributed by atoms with Gasteiger partial charge in [0.1, 0.15) is 5.82 Å². The topological polar surface area (TPSA) is 84.3 Å². The summed E-state index contributed by atoms with van der Waals surface area (Å²) in [6.07, 6.45) is 9.65. The Morgan fingerprint density at radius 3 is 2.45 bits per heavy atom. The van der Waals surface area contributed by atoms with Gasteiger partial charge in [-0.05, 0) is 43.0 Å². The van der Waals surface area contributed by atoms with E-state index in [9.17, 15) is 13.2 Å². The van der Waals surface area contributed by atoms with Crippen LogP contribution in [0.4, 0.5) is 5.82 Å². The third-order valence-corrected chi connectivity index (χ3v) is 6.83. The summed E-state index contributed by atoms with van der Waals surface area (Å²) in [5.41, 5.74) is 0.761. The fourth-order valence-electron chi connectivity index (χ4n) is 3.35. The Labute approximate surface area is 172 Å². The van der Waals surface area contributed by atoms with Crippen molar-refractivity contribution in [3.05, 3.63) is 48.2 Å². The van der Waals surface area contributed by atoms with Gasteiger partial charge in [0.05, 0.1) is 11.1 Å². The third kappa shape index (κ3) is 5.55. The quantitative estimate of drug-likeness (QED) is 0.700. The molecular formula is C21H28N4O3S. The first-order chi connectivity index (χ1) is 14.0. The molecule has 1 aromatic heterocycles. The lowest BCUT2D eigenvalue weighted by Crippen LogP contribution is -2.31. The van der Waals surface area contributed by atoms with Crippen LogP contribution in [-0.2, 0) is 21.4 Å². The molecule has 0 bridgehead atoms. The standard InChI is InChI=1S/C21H28N4O3S/c1-2-15-25-20(13-14-22-25)23-21(26)12-9-18-7-10-19(11-8-18)29(27,28)24-16-5-3-4-6-17-24/h7-14H,2-6,15-17H2,1H3,(H,23,26)/b12-9+. The Morgan fingerprint density at radius 2 is 1.79 bits per heavy atom. The van der Waals surface area contributed by atoms with Crippen molar-refractivity contribution in [3.8, 4) is 0 Å². The number of rotatable bonds is 7. The Balaban J connectivity index is 1.63. The number of nitrogens with one attached hydrogen (secondary N) is 1. The highest BCUT2D eigenvalue weighted by Gasteiger charge is 2.24. The molecule has 1 aliphatic rings. The van der Waals surface area contributed by atoms with E-state index in [1.807, 2.05) is 6.92 Å². The third-order valence-electron chi connectivity index (χ3n) is 4.91. The minimum atomic E-state index is -3.46. The molecule has 3 rings (SSSR count). The van der Waals surface area contributed by atoms with E-state index in [1.165, 1.54) is 6.08 Å². The zero-order valence-electron chi connectivity index (χ0n) is 16.8. The minimum Gasteiger partial charge on any atom is -0.307 e. The van der Waals surface area contributed by atoms with Crippen LogP contribution >= 0.6 is 0 Å². The second kappa shape index (κ2) is 9.84. The molecular weight excluding hydrogens is 388 g/mol. The van der Waals surface area contributed by atoms with Gasteiger partial charge >= 0.3 is 0 Å². The normalized spacial score (nSPS) is 16.0. The van der Waals surface area contributed by atoms with Gasteiger partial charge < -0.3 is 5.32 Å². The summed E-state index contributed by atoms with van der Waals surface area (Å²) in [5, 5.41) is 6.97. The lowest BCUT2D eigenvalue weighted by Gasteiger charge is -2.19. The number of aromatic nitrogens is 2. The number of anilines is 1. The number of amides is 1. The number of nitrogens with zero attached hydrogens (tertiary/aromatic N) is 3. The van der Waals surface area contributed by atoms with Gasteiger partial charge in [-0.25, -0.2) is 13.1 Å². The van der Waals surface area contributed by atoms with E-state index in [4.69, 9.17) is 0 Å². The molecule has 156 valence electrons. The molecule has 1 saturated heterocycles. The van der Waals surface area contributed by atoms with E-state index in [0.717, 1.165) is 44.2 Å². The molecule has 8 heteroatoms. The molecule has 0 radical (unpaired) electrons. The fraction of sp³-hybridized carbons (Fsp3) is 0.429. The van der Waals surface area contributed by atoms with E-state index in [2.05, 4.69) is 10.4 Å². The highest BCUT2D eigenvalue weighted by Crippen LogP contribution is 2.21. The monoisotopic (exact) mass is 416 g/mol. The van der Waals surface area contributed by atoms with Gasteiger partial charge in [-0.3, -0.25) is 4.79 Å². The summed E-state index contributed by atoms with van der Waals surface area (Å²) in [5.74, 6) is 0.393. The molecule has 1 amide bonds. The summed E-state index contributed by atoms with van der Waals surface area (Å²) in [7, 11) is -3.46. The van der Waals surface area contributed by atoms with Crippen LogP contribution in [-0.4, -0.2) is 41.5 Å². The molecule has 0 saturated carbocycles. The van der Waals surface area contributed by atoms with E-state index in [0.29, 0.717) is 23.8 Å². The molecule has 2 heterocycles. The summed E-state index contributed by atoms with van der Waals surface area (Å²) >= 11 is 0. The van der Waals surface area contributed by atoms with Crippen LogP contribution in [0.15, 0.2) is 47.5 Å². The van der Waals surface area contributed by atoms with Gasteiger partial charge in [-0.2, -0.15) is 9.40 Å². The molecule has 1 N–H and O–H groups in total. The van der Waals surface area contributed by atoms with Crippen molar-refractivity contribution >= 4 is 27.8 Å². The Morgan fingerprint density at radius 1 is 1.10 bits per heavy atom. The number of carbonyl (C=O) groups is 1. The van der Waals surface area contributed by atoms with Crippen molar-refractivity contribution in [1.29, 1.82) is 0 Å². The number of benzene rings is 1. The minimum absolute atomic E-state index is 0.260. The van der Waals surface area contributed by atoms with E-state index in [-0.39, 0.29) is 5.91 Å². The number of hydrogen-bond acceptors (Lipinski definition) is 4. The highest BCUT2D eigenvalue weighted by atomic mass is 32.2. The van der Waals surface area contributed by atoms with E-state index < -0.39 is 10.0 Å². The zero-order chi connectivity index (χ0) is 20.7. The smallest absolute Gasteiger partial charge is 0.249 e. The van der Waals surface area contributed by atoms with Gasteiger partial charge in [0.15, 0.2) is 0 Å². The first-order valence-electron chi connectivity index (χ1n) is 10.1. The Bertz CT molecular complexity index is 941. The van der Waals surface area contributed by atoms with Crippen LogP contribution in [0.3, 0.4) is 0 Å². The molecule has 0 unspecified atom stereocenters. The van der Waals surface area contributed by atoms with Crippen LogP contribution in [0.1, 0.15) is 44.6 Å². The maximum atomic E-state index is 12.8. The van der Waals surface area contributed by atoms with Crippen molar-refractivity contribution in [2.45, 2.75) is 50.5 Å². The Hall–Kier alpha value is -2.45. The molecule has 0 atom stereocenters. The van der Waals surface area contributed by atoms with Gasteiger partial charge in [0.25, 0.3) is 0 Å². The van der Waals surface area contributed by atoms with Gasteiger partial charge in [0.2, 0.25) is 15.9 Å². The van der Waals surface area contributed by atoms with Crippen LogP contribution in [0.2, 0.25) is 0 Å². The van der Waals surface area contributed by atoms with Crippen LogP contribution in [0, 0.1) is 0 Å². The molecule has 0 spiro atoms.